The van der Waals surface area contributed by atoms with Gasteiger partial charge in [-0.05, 0) is 93.4 Å². The summed E-state index contributed by atoms with van der Waals surface area (Å²) in [4.78, 5) is 15.7. The van der Waals surface area contributed by atoms with E-state index >= 15 is 0 Å². The van der Waals surface area contributed by atoms with Crippen LogP contribution in [-0.4, -0.2) is 51.5 Å². The summed E-state index contributed by atoms with van der Waals surface area (Å²) >= 11 is 1.55. The molecule has 7 heterocycles. The lowest BCUT2D eigenvalue weighted by Gasteiger charge is -2.32. The molecule has 3 aliphatic rings. The highest BCUT2D eigenvalue weighted by Gasteiger charge is 2.43. The third kappa shape index (κ3) is 5.95. The van der Waals surface area contributed by atoms with Gasteiger partial charge in [-0.25, -0.2) is 13.4 Å². The summed E-state index contributed by atoms with van der Waals surface area (Å²) in [6.07, 6.45) is 9.46. The van der Waals surface area contributed by atoms with Gasteiger partial charge < -0.3 is 14.5 Å². The van der Waals surface area contributed by atoms with Gasteiger partial charge in [0.15, 0.2) is 9.84 Å². The third-order valence-electron chi connectivity index (χ3n) is 10.4. The van der Waals surface area contributed by atoms with E-state index < -0.39 is 9.84 Å². The van der Waals surface area contributed by atoms with E-state index in [1.807, 2.05) is 24.5 Å². The summed E-state index contributed by atoms with van der Waals surface area (Å²) in [6, 6.07) is 8.28. The van der Waals surface area contributed by atoms with Crippen LogP contribution in [0.1, 0.15) is 93.9 Å². The van der Waals surface area contributed by atoms with E-state index in [1.165, 1.54) is 5.56 Å². The van der Waals surface area contributed by atoms with Gasteiger partial charge in [-0.2, -0.15) is 0 Å². The van der Waals surface area contributed by atoms with Gasteiger partial charge >= 0.3 is 0 Å². The molecule has 0 amide bonds. The zero-order valence-corrected chi connectivity index (χ0v) is 30.2. The second kappa shape index (κ2) is 12.5. The monoisotopic (exact) mass is 698 g/mol. The molecule has 49 heavy (non-hydrogen) atoms. The zero-order valence-electron chi connectivity index (χ0n) is 28.6. The smallest absolute Gasteiger partial charge is 0.250 e. The van der Waals surface area contributed by atoms with Crippen molar-refractivity contribution >= 4 is 37.1 Å². The molecule has 1 fully saturated rings. The molecule has 0 aromatic carbocycles. The molecule has 1 saturated heterocycles. The Morgan fingerprint density at radius 3 is 2.63 bits per heavy atom. The van der Waals surface area contributed by atoms with Crippen LogP contribution in [0.5, 0.6) is 0 Å². The van der Waals surface area contributed by atoms with Gasteiger partial charge in [-0.1, -0.05) is 19.9 Å². The Kier molecular flexibility index (Phi) is 8.31. The van der Waals surface area contributed by atoms with Crippen molar-refractivity contribution in [1.82, 2.24) is 25.1 Å². The van der Waals surface area contributed by atoms with E-state index in [2.05, 4.69) is 60.3 Å². The maximum Gasteiger partial charge on any atom is 0.250 e. The van der Waals surface area contributed by atoms with Gasteiger partial charge in [0.1, 0.15) is 5.82 Å². The van der Waals surface area contributed by atoms with Gasteiger partial charge in [-0.3, -0.25) is 9.97 Å². The molecule has 1 aliphatic carbocycles. The Morgan fingerprint density at radius 1 is 1.06 bits per heavy atom. The van der Waals surface area contributed by atoms with Crippen LogP contribution < -0.4 is 5.32 Å². The average Bonchev–Trinajstić information content (AvgIpc) is 3.84. The van der Waals surface area contributed by atoms with Crippen molar-refractivity contribution in [3.63, 3.8) is 0 Å². The molecule has 5 aromatic rings. The molecule has 0 spiro atoms. The summed E-state index contributed by atoms with van der Waals surface area (Å²) in [5.41, 5.74) is 5.05. The number of rotatable bonds is 8. The molecule has 256 valence electrons. The number of ether oxygens (including phenoxy) is 1. The van der Waals surface area contributed by atoms with Crippen LogP contribution in [0.4, 0.5) is 5.82 Å². The molecule has 12 heteroatoms. The van der Waals surface area contributed by atoms with Crippen molar-refractivity contribution < 1.29 is 17.6 Å². The molecular formula is C37H42N6O4S2. The Hall–Kier alpha value is -3.74. The molecule has 0 bridgehead atoms. The van der Waals surface area contributed by atoms with Crippen LogP contribution in [0.3, 0.4) is 0 Å². The van der Waals surface area contributed by atoms with E-state index in [9.17, 15) is 8.42 Å². The zero-order chi connectivity index (χ0) is 34.0. The Balaban J connectivity index is 1.30. The quantitative estimate of drug-likeness (QED) is 0.171. The van der Waals surface area contributed by atoms with Crippen LogP contribution in [0.15, 0.2) is 46.0 Å². The van der Waals surface area contributed by atoms with Gasteiger partial charge in [0, 0.05) is 41.4 Å². The molecule has 1 N–H and O–H groups in total. The number of sulfone groups is 1. The van der Waals surface area contributed by atoms with Crippen LogP contribution in [0, 0.1) is 18.8 Å². The first kappa shape index (κ1) is 32.5. The maximum atomic E-state index is 14.2. The molecule has 0 radical (unpaired) electrons. The van der Waals surface area contributed by atoms with E-state index in [-0.39, 0.29) is 35.8 Å². The highest BCUT2D eigenvalue weighted by molar-refractivity contribution is 7.92. The standard InChI is InChI=1S/C37H42N6O4S2/c1-19(2)26-18-49(44,45)35-32(30-17-24-12-14-39-36(34(24)48-30)41-28-11-10-27-25(28)7-6-13-38-27)31(37-43-42-22(5)47-37)29(40-33(26)35)9-8-23-15-20(3)46-21(4)16-23/h6-7,12-14,17,19-21,23,26,28H,8-11,15-16,18H2,1-5H3,(H,39,41)/t20?,21?,23?,26?,28-/m1/s1. The number of thiophene rings is 1. The summed E-state index contributed by atoms with van der Waals surface area (Å²) in [6.45, 7) is 10.2. The van der Waals surface area contributed by atoms with Crippen LogP contribution in [0.25, 0.3) is 32.0 Å². The molecule has 4 atom stereocenters. The summed E-state index contributed by atoms with van der Waals surface area (Å²) < 4.78 is 41.6. The number of hydrogen-bond donors (Lipinski definition) is 1. The molecule has 10 nitrogen and oxygen atoms in total. The van der Waals surface area contributed by atoms with Crippen molar-refractivity contribution in [1.29, 1.82) is 0 Å². The van der Waals surface area contributed by atoms with Crippen molar-refractivity contribution in [2.75, 3.05) is 11.1 Å². The van der Waals surface area contributed by atoms with E-state index in [1.54, 1.807) is 18.3 Å². The fourth-order valence-corrected chi connectivity index (χ4v) is 11.6. The van der Waals surface area contributed by atoms with Gasteiger partial charge in [0.2, 0.25) is 11.8 Å². The predicted octanol–water partition coefficient (Wildman–Crippen LogP) is 7.87. The first-order valence-electron chi connectivity index (χ1n) is 17.4. The number of nitrogens with zero attached hydrogens (tertiary/aromatic N) is 5. The lowest BCUT2D eigenvalue weighted by atomic mass is 9.86. The first-order valence-corrected chi connectivity index (χ1v) is 19.9. The number of anilines is 1. The predicted molar refractivity (Wildman–Crippen MR) is 190 cm³/mol. The Labute approximate surface area is 291 Å². The van der Waals surface area contributed by atoms with Gasteiger partial charge in [0.05, 0.1) is 50.5 Å². The molecule has 5 aromatic heterocycles. The minimum atomic E-state index is -3.67. The van der Waals surface area contributed by atoms with Crippen molar-refractivity contribution in [3.05, 3.63) is 65.2 Å². The highest BCUT2D eigenvalue weighted by Crippen LogP contribution is 2.51. The van der Waals surface area contributed by atoms with E-state index in [0.717, 1.165) is 64.3 Å². The minimum absolute atomic E-state index is 0.0368. The Morgan fingerprint density at radius 2 is 1.88 bits per heavy atom. The number of pyridine rings is 3. The van der Waals surface area contributed by atoms with E-state index in [4.69, 9.17) is 19.1 Å². The molecule has 8 rings (SSSR count). The largest absolute Gasteiger partial charge is 0.421 e. The molecule has 0 saturated carbocycles. The Bertz CT molecular complexity index is 2150. The third-order valence-corrected chi connectivity index (χ3v) is 13.4. The number of hydrogen-bond acceptors (Lipinski definition) is 11. The number of nitrogens with one attached hydrogen (secondary N) is 1. The van der Waals surface area contributed by atoms with Crippen molar-refractivity contribution in [2.45, 2.75) is 102 Å². The summed E-state index contributed by atoms with van der Waals surface area (Å²) in [5.74, 6) is 1.91. The SMILES string of the molecule is Cc1nnc(-c2c(CCC3CC(C)OC(C)C3)nc3c(c2-c2cc4ccnc(N[C@@H]5CCc6ncccc65)c4s2)S(=O)(=O)CC3C(C)C)o1. The molecular weight excluding hydrogens is 657 g/mol. The normalized spacial score (nSPS) is 24.4. The molecule has 3 unspecified atom stereocenters. The first-order chi connectivity index (χ1) is 23.6. The van der Waals surface area contributed by atoms with Crippen LogP contribution >= 0.6 is 11.3 Å². The number of aromatic nitrogens is 5. The van der Waals surface area contributed by atoms with Crippen molar-refractivity contribution in [3.8, 4) is 21.9 Å². The number of aryl methyl sites for hydroxylation is 3. The fourth-order valence-electron chi connectivity index (χ4n) is 8.19. The van der Waals surface area contributed by atoms with E-state index in [0.29, 0.717) is 45.8 Å². The second-order valence-corrected chi connectivity index (χ2v) is 17.4. The second-order valence-electron chi connectivity index (χ2n) is 14.4. The summed E-state index contributed by atoms with van der Waals surface area (Å²) in [7, 11) is -3.67. The number of fused-ring (bicyclic) bond motifs is 3. The minimum Gasteiger partial charge on any atom is -0.421 e. The summed E-state index contributed by atoms with van der Waals surface area (Å²) in [5, 5.41) is 13.3. The maximum absolute atomic E-state index is 14.2. The topological polar surface area (TPSA) is 133 Å². The molecule has 2 aliphatic heterocycles. The van der Waals surface area contributed by atoms with Crippen LogP contribution in [0.2, 0.25) is 0 Å². The van der Waals surface area contributed by atoms with Gasteiger partial charge in [-0.15, -0.1) is 21.5 Å². The lowest BCUT2D eigenvalue weighted by molar-refractivity contribution is -0.0533. The lowest BCUT2D eigenvalue weighted by Crippen LogP contribution is -2.29. The fraction of sp³-hybridized carbons (Fsp3) is 0.486. The van der Waals surface area contributed by atoms with Crippen LogP contribution in [-0.2, 0) is 27.4 Å². The highest BCUT2D eigenvalue weighted by atomic mass is 32.2. The van der Waals surface area contributed by atoms with Crippen molar-refractivity contribution in [2.24, 2.45) is 11.8 Å². The average molecular weight is 699 g/mol. The van der Waals surface area contributed by atoms with Gasteiger partial charge in [0.25, 0.3) is 0 Å².